The number of carbonyl (C=O) groups excluding carboxylic acids is 2. The second kappa shape index (κ2) is 8.75. The van der Waals surface area contributed by atoms with Gasteiger partial charge >= 0.3 is 5.97 Å². The first-order chi connectivity index (χ1) is 15.0. The summed E-state index contributed by atoms with van der Waals surface area (Å²) in [6.45, 7) is 3.92. The molecule has 0 saturated carbocycles. The molecule has 1 amide bonds. The van der Waals surface area contributed by atoms with E-state index >= 15 is 0 Å². The van der Waals surface area contributed by atoms with Gasteiger partial charge in [-0.15, -0.1) is 11.3 Å². The van der Waals surface area contributed by atoms with E-state index in [0.717, 1.165) is 21.7 Å². The molecule has 8 nitrogen and oxygen atoms in total. The van der Waals surface area contributed by atoms with E-state index in [1.807, 2.05) is 29.6 Å². The standard InChI is InChI=1S/C22H22N4O4S/c1-12-18(22(28)30-9-8-29-3)13(2)23-19(12)21(27)24-14-6-7-15-16(11-14)26-20(25-15)17-5-4-10-31-17/h4-7,10-11,23H,8-9H2,1-3H3,(H,24,27)(H,25,26). The molecule has 3 heterocycles. The molecule has 4 rings (SSSR count). The fraction of sp³-hybridized carbons (Fsp3) is 0.227. The van der Waals surface area contributed by atoms with Crippen LogP contribution in [0.1, 0.15) is 32.1 Å². The number of hydrogen-bond donors (Lipinski definition) is 3. The molecule has 0 fully saturated rings. The molecule has 1 aromatic carbocycles. The van der Waals surface area contributed by atoms with Crippen molar-refractivity contribution >= 4 is 39.9 Å². The molecule has 31 heavy (non-hydrogen) atoms. The Bertz CT molecular complexity index is 1240. The number of aromatic nitrogens is 3. The Hall–Kier alpha value is -3.43. The Morgan fingerprint density at radius 1 is 1.16 bits per heavy atom. The number of aromatic amines is 2. The van der Waals surface area contributed by atoms with Gasteiger partial charge in [-0.05, 0) is 49.1 Å². The summed E-state index contributed by atoms with van der Waals surface area (Å²) < 4.78 is 10.1. The summed E-state index contributed by atoms with van der Waals surface area (Å²) in [4.78, 5) is 37.2. The number of thiophene rings is 1. The Morgan fingerprint density at radius 3 is 2.74 bits per heavy atom. The van der Waals surface area contributed by atoms with Gasteiger partial charge in [0.05, 0.1) is 28.1 Å². The summed E-state index contributed by atoms with van der Waals surface area (Å²) in [5.41, 5.74) is 4.06. The van der Waals surface area contributed by atoms with Crippen molar-refractivity contribution in [1.29, 1.82) is 0 Å². The Balaban J connectivity index is 1.53. The van der Waals surface area contributed by atoms with E-state index in [-0.39, 0.29) is 12.5 Å². The van der Waals surface area contributed by atoms with Crippen LogP contribution >= 0.6 is 11.3 Å². The number of aryl methyl sites for hydroxylation is 1. The van der Waals surface area contributed by atoms with Crippen LogP contribution in [0.5, 0.6) is 0 Å². The zero-order valence-electron chi connectivity index (χ0n) is 17.4. The predicted molar refractivity (Wildman–Crippen MR) is 120 cm³/mol. The number of benzene rings is 1. The van der Waals surface area contributed by atoms with Crippen LogP contribution in [-0.4, -0.2) is 47.2 Å². The minimum absolute atomic E-state index is 0.151. The van der Waals surface area contributed by atoms with Crippen molar-refractivity contribution in [1.82, 2.24) is 15.0 Å². The van der Waals surface area contributed by atoms with Crippen molar-refractivity contribution in [3.63, 3.8) is 0 Å². The number of nitrogens with one attached hydrogen (secondary N) is 3. The molecule has 0 aliphatic carbocycles. The number of esters is 1. The number of hydrogen-bond acceptors (Lipinski definition) is 6. The second-order valence-corrected chi connectivity index (χ2v) is 7.95. The smallest absolute Gasteiger partial charge is 0.340 e. The first kappa shape index (κ1) is 20.8. The van der Waals surface area contributed by atoms with E-state index in [9.17, 15) is 9.59 Å². The number of imidazole rings is 1. The van der Waals surface area contributed by atoms with Crippen LogP contribution in [0.25, 0.3) is 21.7 Å². The number of amides is 1. The lowest BCUT2D eigenvalue weighted by Gasteiger charge is -2.06. The highest BCUT2D eigenvalue weighted by molar-refractivity contribution is 7.13. The van der Waals surface area contributed by atoms with Crippen molar-refractivity contribution in [3.8, 4) is 10.7 Å². The molecule has 0 spiro atoms. The highest BCUT2D eigenvalue weighted by Gasteiger charge is 2.23. The summed E-state index contributed by atoms with van der Waals surface area (Å²) >= 11 is 1.60. The molecule has 0 bridgehead atoms. The number of fused-ring (bicyclic) bond motifs is 1. The predicted octanol–water partition coefficient (Wildman–Crippen LogP) is 4.29. The number of anilines is 1. The van der Waals surface area contributed by atoms with Gasteiger partial charge in [-0.25, -0.2) is 9.78 Å². The third-order valence-electron chi connectivity index (χ3n) is 4.88. The van der Waals surface area contributed by atoms with Crippen LogP contribution in [0.15, 0.2) is 35.7 Å². The van der Waals surface area contributed by atoms with Crippen molar-refractivity contribution in [2.24, 2.45) is 0 Å². The molecule has 9 heteroatoms. The average Bonchev–Trinajstić information content (AvgIpc) is 3.46. The maximum Gasteiger partial charge on any atom is 0.340 e. The maximum absolute atomic E-state index is 12.9. The van der Waals surface area contributed by atoms with Crippen LogP contribution in [0.3, 0.4) is 0 Å². The number of ether oxygens (including phenoxy) is 2. The van der Waals surface area contributed by atoms with Crippen LogP contribution < -0.4 is 5.32 Å². The van der Waals surface area contributed by atoms with E-state index in [2.05, 4.69) is 20.3 Å². The molecule has 0 atom stereocenters. The monoisotopic (exact) mass is 438 g/mol. The number of H-pyrrole nitrogens is 2. The van der Waals surface area contributed by atoms with Crippen molar-refractivity contribution < 1.29 is 19.1 Å². The summed E-state index contributed by atoms with van der Waals surface area (Å²) in [5.74, 6) is -0.0304. The van der Waals surface area contributed by atoms with E-state index in [1.54, 1.807) is 31.3 Å². The largest absolute Gasteiger partial charge is 0.460 e. The topological polar surface area (TPSA) is 109 Å². The fourth-order valence-corrected chi connectivity index (χ4v) is 4.05. The number of nitrogens with zero attached hydrogens (tertiary/aromatic N) is 1. The van der Waals surface area contributed by atoms with E-state index in [4.69, 9.17) is 9.47 Å². The molecule has 3 N–H and O–H groups in total. The quantitative estimate of drug-likeness (QED) is 0.295. The van der Waals surface area contributed by atoms with Crippen LogP contribution in [-0.2, 0) is 9.47 Å². The maximum atomic E-state index is 12.9. The molecule has 4 aromatic rings. The second-order valence-electron chi connectivity index (χ2n) is 7.00. The highest BCUT2D eigenvalue weighted by Crippen LogP contribution is 2.26. The first-order valence-corrected chi connectivity index (χ1v) is 10.6. The molecule has 160 valence electrons. The third-order valence-corrected chi connectivity index (χ3v) is 5.76. The molecule has 0 aliphatic heterocycles. The van der Waals surface area contributed by atoms with Gasteiger partial charge in [0, 0.05) is 18.5 Å². The van der Waals surface area contributed by atoms with Gasteiger partial charge < -0.3 is 24.8 Å². The van der Waals surface area contributed by atoms with Gasteiger partial charge in [-0.2, -0.15) is 0 Å². The molecule has 3 aromatic heterocycles. The van der Waals surface area contributed by atoms with Crippen molar-refractivity contribution in [2.75, 3.05) is 25.6 Å². The summed E-state index contributed by atoms with van der Waals surface area (Å²) in [6.07, 6.45) is 0. The van der Waals surface area contributed by atoms with Gasteiger partial charge in [-0.3, -0.25) is 4.79 Å². The molecule has 0 unspecified atom stereocenters. The number of rotatable bonds is 7. The Labute approximate surface area is 182 Å². The summed E-state index contributed by atoms with van der Waals surface area (Å²) in [6, 6.07) is 9.46. The minimum atomic E-state index is -0.484. The zero-order valence-corrected chi connectivity index (χ0v) is 18.2. The summed E-state index contributed by atoms with van der Waals surface area (Å²) in [7, 11) is 1.53. The van der Waals surface area contributed by atoms with E-state index < -0.39 is 5.97 Å². The van der Waals surface area contributed by atoms with Gasteiger partial charge in [-0.1, -0.05) is 6.07 Å². The Morgan fingerprint density at radius 2 is 2.00 bits per heavy atom. The highest BCUT2D eigenvalue weighted by atomic mass is 32.1. The number of carbonyl (C=O) groups is 2. The van der Waals surface area contributed by atoms with Crippen LogP contribution in [0, 0.1) is 13.8 Å². The Kier molecular flexibility index (Phi) is 5.88. The van der Waals surface area contributed by atoms with Gasteiger partial charge in [0.2, 0.25) is 0 Å². The van der Waals surface area contributed by atoms with Crippen molar-refractivity contribution in [2.45, 2.75) is 13.8 Å². The average molecular weight is 439 g/mol. The van der Waals surface area contributed by atoms with E-state index in [1.165, 1.54) is 7.11 Å². The van der Waals surface area contributed by atoms with Crippen molar-refractivity contribution in [3.05, 3.63) is 58.2 Å². The van der Waals surface area contributed by atoms with Gasteiger partial charge in [0.1, 0.15) is 18.1 Å². The van der Waals surface area contributed by atoms with Gasteiger partial charge in [0.25, 0.3) is 5.91 Å². The van der Waals surface area contributed by atoms with Gasteiger partial charge in [0.15, 0.2) is 0 Å². The fourth-order valence-electron chi connectivity index (χ4n) is 3.38. The lowest BCUT2D eigenvalue weighted by atomic mass is 10.1. The number of methoxy groups -OCH3 is 1. The zero-order chi connectivity index (χ0) is 22.0. The van der Waals surface area contributed by atoms with E-state index in [0.29, 0.717) is 34.8 Å². The molecular formula is C22H22N4O4S. The van der Waals surface area contributed by atoms with Crippen LogP contribution in [0.4, 0.5) is 5.69 Å². The lowest BCUT2D eigenvalue weighted by Crippen LogP contribution is -2.14. The first-order valence-electron chi connectivity index (χ1n) is 9.68. The molecule has 0 saturated heterocycles. The molecule has 0 radical (unpaired) electrons. The minimum Gasteiger partial charge on any atom is -0.460 e. The normalized spacial score (nSPS) is 11.1. The lowest BCUT2D eigenvalue weighted by molar-refractivity contribution is 0.0387. The summed E-state index contributed by atoms with van der Waals surface area (Å²) in [5, 5.41) is 4.88. The molecular weight excluding hydrogens is 416 g/mol. The van der Waals surface area contributed by atoms with Crippen LogP contribution in [0.2, 0.25) is 0 Å². The third kappa shape index (κ3) is 4.23. The molecule has 0 aliphatic rings. The SMILES string of the molecule is COCCOC(=O)c1c(C)[nH]c(C(=O)Nc2ccc3nc(-c4cccs4)[nH]c3c2)c1C.